The van der Waals surface area contributed by atoms with E-state index in [1.807, 2.05) is 6.92 Å². The zero-order valence-corrected chi connectivity index (χ0v) is 15.0. The van der Waals surface area contributed by atoms with Gasteiger partial charge in [0.1, 0.15) is 5.69 Å². The highest BCUT2D eigenvalue weighted by atomic mass is 16.1. The topological polar surface area (TPSA) is 90.7 Å². The van der Waals surface area contributed by atoms with Gasteiger partial charge in [-0.1, -0.05) is 25.7 Å². The summed E-state index contributed by atoms with van der Waals surface area (Å²) in [5.41, 5.74) is 2.26. The van der Waals surface area contributed by atoms with Crippen LogP contribution in [0.15, 0.2) is 30.3 Å². The summed E-state index contributed by atoms with van der Waals surface area (Å²) >= 11 is 0. The van der Waals surface area contributed by atoms with Crippen molar-refractivity contribution in [2.45, 2.75) is 51.5 Å². The number of hydrogen-bond acceptors (Lipinski definition) is 5. The molecule has 1 aliphatic rings. The quantitative estimate of drug-likeness (QED) is 0.813. The molecule has 1 aromatic carbocycles. The normalized spacial score (nSPS) is 14.9. The highest BCUT2D eigenvalue weighted by Crippen LogP contribution is 2.20. The highest BCUT2D eigenvalue weighted by Gasteiger charge is 2.16. The van der Waals surface area contributed by atoms with E-state index >= 15 is 0 Å². The van der Waals surface area contributed by atoms with Crippen molar-refractivity contribution in [1.82, 2.24) is 9.97 Å². The van der Waals surface area contributed by atoms with Crippen LogP contribution >= 0.6 is 0 Å². The molecule has 0 saturated heterocycles. The van der Waals surface area contributed by atoms with E-state index in [4.69, 9.17) is 5.26 Å². The van der Waals surface area contributed by atoms with Crippen molar-refractivity contribution in [1.29, 1.82) is 5.26 Å². The van der Waals surface area contributed by atoms with E-state index in [-0.39, 0.29) is 5.91 Å². The fourth-order valence-corrected chi connectivity index (χ4v) is 3.18. The molecule has 0 unspecified atom stereocenters. The van der Waals surface area contributed by atoms with E-state index in [0.717, 1.165) is 18.5 Å². The molecule has 0 radical (unpaired) electrons. The average Bonchev–Trinajstić information content (AvgIpc) is 2.90. The highest BCUT2D eigenvalue weighted by molar-refractivity contribution is 6.03. The van der Waals surface area contributed by atoms with Gasteiger partial charge >= 0.3 is 0 Å². The minimum absolute atomic E-state index is 0.288. The van der Waals surface area contributed by atoms with Gasteiger partial charge in [0.15, 0.2) is 0 Å². The zero-order valence-electron chi connectivity index (χ0n) is 15.0. The molecule has 134 valence electrons. The van der Waals surface area contributed by atoms with Crippen LogP contribution in [0, 0.1) is 18.3 Å². The van der Waals surface area contributed by atoms with Crippen molar-refractivity contribution < 1.29 is 4.79 Å². The molecular weight excluding hydrogens is 326 g/mol. The molecule has 6 heteroatoms. The number of nitrogens with zero attached hydrogens (tertiary/aromatic N) is 3. The van der Waals surface area contributed by atoms with Crippen molar-refractivity contribution in [3.05, 3.63) is 47.3 Å². The van der Waals surface area contributed by atoms with Crippen molar-refractivity contribution in [3.8, 4) is 6.07 Å². The van der Waals surface area contributed by atoms with Crippen molar-refractivity contribution in [2.24, 2.45) is 0 Å². The summed E-state index contributed by atoms with van der Waals surface area (Å²) in [4.78, 5) is 21.4. The lowest BCUT2D eigenvalue weighted by Crippen LogP contribution is -2.22. The molecule has 2 N–H and O–H groups in total. The van der Waals surface area contributed by atoms with Crippen LogP contribution in [0.2, 0.25) is 0 Å². The minimum atomic E-state index is -0.288. The molecular formula is C20H23N5O. The van der Waals surface area contributed by atoms with Gasteiger partial charge in [-0.05, 0) is 50.1 Å². The maximum Gasteiger partial charge on any atom is 0.274 e. The van der Waals surface area contributed by atoms with E-state index in [0.29, 0.717) is 28.9 Å². The maximum absolute atomic E-state index is 12.5. The number of amides is 1. The number of carbonyl (C=O) groups is 1. The van der Waals surface area contributed by atoms with Crippen LogP contribution in [0.25, 0.3) is 0 Å². The summed E-state index contributed by atoms with van der Waals surface area (Å²) in [6.07, 6.45) is 7.23. The van der Waals surface area contributed by atoms with Gasteiger partial charge in [-0.25, -0.2) is 9.97 Å². The number of nitrogens with one attached hydrogen (secondary N) is 2. The number of aromatic nitrogens is 2. The molecule has 1 aliphatic carbocycles. The van der Waals surface area contributed by atoms with Crippen LogP contribution in [-0.2, 0) is 0 Å². The predicted octanol–water partition coefficient (Wildman–Crippen LogP) is 4.04. The minimum Gasteiger partial charge on any atom is -0.351 e. The second kappa shape index (κ2) is 8.43. The Morgan fingerprint density at radius 3 is 2.46 bits per heavy atom. The van der Waals surface area contributed by atoms with Crippen LogP contribution in [0.4, 0.5) is 11.6 Å². The van der Waals surface area contributed by atoms with Gasteiger partial charge < -0.3 is 10.6 Å². The van der Waals surface area contributed by atoms with Crippen LogP contribution in [0.5, 0.6) is 0 Å². The molecule has 1 heterocycles. The fraction of sp³-hybridized carbons (Fsp3) is 0.400. The molecule has 0 bridgehead atoms. The van der Waals surface area contributed by atoms with Crippen LogP contribution < -0.4 is 10.6 Å². The van der Waals surface area contributed by atoms with Gasteiger partial charge in [0, 0.05) is 17.4 Å². The van der Waals surface area contributed by atoms with Crippen LogP contribution in [0.3, 0.4) is 0 Å². The third kappa shape index (κ3) is 4.79. The largest absolute Gasteiger partial charge is 0.351 e. The molecule has 3 rings (SSSR count). The number of aryl methyl sites for hydroxylation is 1. The van der Waals surface area contributed by atoms with E-state index in [1.165, 1.54) is 25.7 Å². The van der Waals surface area contributed by atoms with E-state index < -0.39 is 0 Å². The summed E-state index contributed by atoms with van der Waals surface area (Å²) in [5.74, 6) is 0.228. The van der Waals surface area contributed by atoms with Gasteiger partial charge in [-0.2, -0.15) is 5.26 Å². The first-order chi connectivity index (χ1) is 12.6. The Balaban J connectivity index is 1.71. The summed E-state index contributed by atoms with van der Waals surface area (Å²) in [6, 6.07) is 10.8. The average molecular weight is 349 g/mol. The van der Waals surface area contributed by atoms with Gasteiger partial charge in [-0.15, -0.1) is 0 Å². The number of anilines is 2. The molecule has 0 spiro atoms. The standard InChI is InChI=1S/C20H23N5O/c1-14-12-18(19(26)23-17-10-8-15(13-21)9-11-17)25-20(22-14)24-16-6-4-2-3-5-7-16/h8-12,16H,2-7H2,1H3,(H,23,26)(H,22,24,25). The molecule has 0 aliphatic heterocycles. The third-order valence-corrected chi connectivity index (χ3v) is 4.55. The summed E-state index contributed by atoms with van der Waals surface area (Å²) < 4.78 is 0. The number of hydrogen-bond donors (Lipinski definition) is 2. The Hall–Kier alpha value is -2.94. The smallest absolute Gasteiger partial charge is 0.274 e. The Labute approximate surface area is 153 Å². The second-order valence-electron chi connectivity index (χ2n) is 6.69. The Bertz CT molecular complexity index is 802. The first kappa shape index (κ1) is 17.9. The molecule has 1 fully saturated rings. The zero-order chi connectivity index (χ0) is 18.4. The van der Waals surface area contributed by atoms with E-state index in [9.17, 15) is 4.79 Å². The van der Waals surface area contributed by atoms with Crippen molar-refractivity contribution in [3.63, 3.8) is 0 Å². The Morgan fingerprint density at radius 1 is 1.12 bits per heavy atom. The first-order valence-corrected chi connectivity index (χ1v) is 9.08. The summed E-state index contributed by atoms with van der Waals surface area (Å²) in [7, 11) is 0. The lowest BCUT2D eigenvalue weighted by atomic mass is 10.1. The van der Waals surface area contributed by atoms with E-state index in [2.05, 4.69) is 26.7 Å². The Morgan fingerprint density at radius 2 is 1.81 bits per heavy atom. The third-order valence-electron chi connectivity index (χ3n) is 4.55. The number of carbonyl (C=O) groups excluding carboxylic acids is 1. The van der Waals surface area contributed by atoms with E-state index in [1.54, 1.807) is 30.3 Å². The molecule has 26 heavy (non-hydrogen) atoms. The van der Waals surface area contributed by atoms with Crippen LogP contribution in [-0.4, -0.2) is 21.9 Å². The van der Waals surface area contributed by atoms with Gasteiger partial charge in [0.25, 0.3) is 5.91 Å². The lowest BCUT2D eigenvalue weighted by Gasteiger charge is -2.17. The lowest BCUT2D eigenvalue weighted by molar-refractivity contribution is 0.102. The molecule has 1 amide bonds. The van der Waals surface area contributed by atoms with Crippen molar-refractivity contribution >= 4 is 17.5 Å². The summed E-state index contributed by atoms with van der Waals surface area (Å²) in [5, 5.41) is 15.0. The molecule has 6 nitrogen and oxygen atoms in total. The molecule has 2 aromatic rings. The predicted molar refractivity (Wildman–Crippen MR) is 101 cm³/mol. The maximum atomic E-state index is 12.5. The molecule has 1 aromatic heterocycles. The van der Waals surface area contributed by atoms with Gasteiger partial charge in [0.2, 0.25) is 5.95 Å². The van der Waals surface area contributed by atoms with Gasteiger partial charge in [-0.3, -0.25) is 4.79 Å². The van der Waals surface area contributed by atoms with Gasteiger partial charge in [0.05, 0.1) is 11.6 Å². The molecule has 1 saturated carbocycles. The second-order valence-corrected chi connectivity index (χ2v) is 6.69. The Kier molecular flexibility index (Phi) is 5.80. The SMILES string of the molecule is Cc1cc(C(=O)Nc2ccc(C#N)cc2)nc(NC2CCCCCC2)n1. The van der Waals surface area contributed by atoms with Crippen LogP contribution in [0.1, 0.15) is 60.3 Å². The number of nitriles is 1. The molecule has 0 atom stereocenters. The monoisotopic (exact) mass is 349 g/mol. The van der Waals surface area contributed by atoms with Crippen molar-refractivity contribution in [2.75, 3.05) is 10.6 Å². The summed E-state index contributed by atoms with van der Waals surface area (Å²) in [6.45, 7) is 1.86. The number of benzene rings is 1. The first-order valence-electron chi connectivity index (χ1n) is 9.08. The number of rotatable bonds is 4. The fourth-order valence-electron chi connectivity index (χ4n) is 3.18.